The lowest BCUT2D eigenvalue weighted by molar-refractivity contribution is 0.112. The largest absolute Gasteiger partial charge is 0.298 e. The van der Waals surface area contributed by atoms with Gasteiger partial charge in [-0.05, 0) is 24.3 Å². The molecule has 3 nitrogen and oxygen atoms in total. The zero-order valence-electron chi connectivity index (χ0n) is 9.38. The van der Waals surface area contributed by atoms with Crippen molar-refractivity contribution in [3.05, 3.63) is 60.0 Å². The predicted molar refractivity (Wildman–Crippen MR) is 66.4 cm³/mol. The molecular formula is C14H9FN2O. The average Bonchev–Trinajstić information content (AvgIpc) is 2.82. The van der Waals surface area contributed by atoms with Gasteiger partial charge in [-0.2, -0.15) is 5.10 Å². The molecule has 0 aliphatic carbocycles. The van der Waals surface area contributed by atoms with Crippen LogP contribution in [0.2, 0.25) is 0 Å². The Morgan fingerprint density at radius 1 is 1.17 bits per heavy atom. The second-order valence-corrected chi connectivity index (χ2v) is 3.93. The summed E-state index contributed by atoms with van der Waals surface area (Å²) in [6.07, 6.45) is 2.41. The van der Waals surface area contributed by atoms with Crippen LogP contribution in [0.15, 0.2) is 48.7 Å². The number of nitrogens with zero attached hydrogens (tertiary/aromatic N) is 2. The highest BCUT2D eigenvalue weighted by Crippen LogP contribution is 2.21. The molecule has 4 heteroatoms. The average molecular weight is 240 g/mol. The van der Waals surface area contributed by atoms with Gasteiger partial charge in [-0.15, -0.1) is 0 Å². The maximum Gasteiger partial charge on any atom is 0.150 e. The van der Waals surface area contributed by atoms with Crippen LogP contribution in [0.5, 0.6) is 0 Å². The van der Waals surface area contributed by atoms with E-state index >= 15 is 0 Å². The second kappa shape index (κ2) is 4.07. The fourth-order valence-corrected chi connectivity index (χ4v) is 1.99. The Morgan fingerprint density at radius 3 is 2.78 bits per heavy atom. The molecule has 88 valence electrons. The number of carbonyl (C=O) groups is 1. The van der Waals surface area contributed by atoms with E-state index in [1.165, 1.54) is 12.1 Å². The van der Waals surface area contributed by atoms with Gasteiger partial charge in [0.2, 0.25) is 0 Å². The number of benzene rings is 2. The van der Waals surface area contributed by atoms with Gasteiger partial charge in [-0.25, -0.2) is 9.07 Å². The smallest absolute Gasteiger partial charge is 0.150 e. The summed E-state index contributed by atoms with van der Waals surface area (Å²) >= 11 is 0. The third-order valence-electron chi connectivity index (χ3n) is 2.83. The van der Waals surface area contributed by atoms with Gasteiger partial charge in [0.25, 0.3) is 0 Å². The highest BCUT2D eigenvalue weighted by atomic mass is 19.1. The Kier molecular flexibility index (Phi) is 2.41. The summed E-state index contributed by atoms with van der Waals surface area (Å²) in [4.78, 5) is 10.9. The quantitative estimate of drug-likeness (QED) is 0.645. The van der Waals surface area contributed by atoms with Crippen LogP contribution in [-0.4, -0.2) is 16.1 Å². The molecule has 0 spiro atoms. The van der Waals surface area contributed by atoms with E-state index in [9.17, 15) is 9.18 Å². The number of hydrogen-bond acceptors (Lipinski definition) is 2. The Bertz CT molecular complexity index is 733. The molecule has 1 heterocycles. The van der Waals surface area contributed by atoms with Crippen molar-refractivity contribution in [1.82, 2.24) is 9.78 Å². The number of rotatable bonds is 2. The lowest BCUT2D eigenvalue weighted by Crippen LogP contribution is -1.96. The van der Waals surface area contributed by atoms with Gasteiger partial charge in [-0.3, -0.25) is 4.79 Å². The van der Waals surface area contributed by atoms with Crippen molar-refractivity contribution in [1.29, 1.82) is 0 Å². The van der Waals surface area contributed by atoms with E-state index in [2.05, 4.69) is 5.10 Å². The van der Waals surface area contributed by atoms with Crippen LogP contribution < -0.4 is 0 Å². The molecule has 0 N–H and O–H groups in total. The zero-order valence-corrected chi connectivity index (χ0v) is 9.38. The summed E-state index contributed by atoms with van der Waals surface area (Å²) < 4.78 is 14.8. The molecule has 1 aromatic heterocycles. The van der Waals surface area contributed by atoms with E-state index in [0.29, 0.717) is 11.3 Å². The summed E-state index contributed by atoms with van der Waals surface area (Å²) in [7, 11) is 0. The van der Waals surface area contributed by atoms with Crippen molar-refractivity contribution >= 4 is 17.2 Å². The van der Waals surface area contributed by atoms with Gasteiger partial charge in [0.1, 0.15) is 5.82 Å². The van der Waals surface area contributed by atoms with E-state index in [4.69, 9.17) is 0 Å². The van der Waals surface area contributed by atoms with Gasteiger partial charge < -0.3 is 0 Å². The van der Waals surface area contributed by atoms with E-state index < -0.39 is 0 Å². The van der Waals surface area contributed by atoms with Crippen molar-refractivity contribution in [2.45, 2.75) is 0 Å². The summed E-state index contributed by atoms with van der Waals surface area (Å²) in [5.41, 5.74) is 1.99. The van der Waals surface area contributed by atoms with E-state index in [-0.39, 0.29) is 5.82 Å². The fraction of sp³-hybridized carbons (Fsp3) is 0. The van der Waals surface area contributed by atoms with E-state index in [0.717, 1.165) is 17.2 Å². The molecule has 0 unspecified atom stereocenters. The molecule has 0 amide bonds. The molecular weight excluding hydrogens is 231 g/mol. The van der Waals surface area contributed by atoms with Crippen molar-refractivity contribution in [3.8, 4) is 5.69 Å². The molecule has 0 saturated heterocycles. The Hall–Kier alpha value is -2.49. The third-order valence-corrected chi connectivity index (χ3v) is 2.83. The van der Waals surface area contributed by atoms with E-state index in [1.54, 1.807) is 35.1 Å². The van der Waals surface area contributed by atoms with Crippen LogP contribution in [0.4, 0.5) is 4.39 Å². The number of fused-ring (bicyclic) bond motifs is 1. The molecule has 3 rings (SSSR count). The van der Waals surface area contributed by atoms with Crippen molar-refractivity contribution in [3.63, 3.8) is 0 Å². The summed E-state index contributed by atoms with van der Waals surface area (Å²) in [6.45, 7) is 0. The topological polar surface area (TPSA) is 34.9 Å². The molecule has 0 radical (unpaired) electrons. The first-order valence-electron chi connectivity index (χ1n) is 5.47. The Morgan fingerprint density at radius 2 is 2.00 bits per heavy atom. The SMILES string of the molecule is O=Cc1cccc2c1cnn2-c1cccc(F)c1. The minimum absolute atomic E-state index is 0.317. The number of aromatic nitrogens is 2. The minimum atomic E-state index is -0.317. The molecule has 0 aliphatic heterocycles. The monoisotopic (exact) mass is 240 g/mol. The van der Waals surface area contributed by atoms with Gasteiger partial charge in [-0.1, -0.05) is 18.2 Å². The Labute approximate surface area is 102 Å². The first-order valence-corrected chi connectivity index (χ1v) is 5.47. The summed E-state index contributed by atoms with van der Waals surface area (Å²) in [6, 6.07) is 11.5. The molecule has 0 saturated carbocycles. The van der Waals surface area contributed by atoms with Gasteiger partial charge in [0, 0.05) is 10.9 Å². The number of halogens is 1. The third kappa shape index (κ3) is 1.59. The van der Waals surface area contributed by atoms with Gasteiger partial charge in [0.15, 0.2) is 6.29 Å². The molecule has 0 atom stereocenters. The van der Waals surface area contributed by atoms with Crippen LogP contribution in [0, 0.1) is 5.82 Å². The van der Waals surface area contributed by atoms with Gasteiger partial charge >= 0.3 is 0 Å². The van der Waals surface area contributed by atoms with Crippen molar-refractivity contribution in [2.75, 3.05) is 0 Å². The second-order valence-electron chi connectivity index (χ2n) is 3.93. The lowest BCUT2D eigenvalue weighted by atomic mass is 10.1. The minimum Gasteiger partial charge on any atom is -0.298 e. The molecule has 0 bridgehead atoms. The van der Waals surface area contributed by atoms with E-state index in [1.807, 2.05) is 6.07 Å². The number of aldehydes is 1. The standard InChI is InChI=1S/C14H9FN2O/c15-11-4-2-5-12(7-11)17-14-6-1-3-10(9-18)13(14)8-16-17/h1-9H. The summed E-state index contributed by atoms with van der Waals surface area (Å²) in [5.74, 6) is -0.317. The maximum absolute atomic E-state index is 13.2. The van der Waals surface area contributed by atoms with Crippen molar-refractivity contribution < 1.29 is 9.18 Å². The van der Waals surface area contributed by atoms with Crippen LogP contribution in [0.3, 0.4) is 0 Å². The zero-order chi connectivity index (χ0) is 12.5. The molecule has 0 aliphatic rings. The number of carbonyl (C=O) groups excluding carboxylic acids is 1. The molecule has 0 fully saturated rings. The van der Waals surface area contributed by atoms with Gasteiger partial charge in [0.05, 0.1) is 17.4 Å². The maximum atomic E-state index is 13.2. The summed E-state index contributed by atoms with van der Waals surface area (Å²) in [5, 5.41) is 4.97. The molecule has 2 aromatic carbocycles. The first kappa shape index (κ1) is 10.7. The predicted octanol–water partition coefficient (Wildman–Crippen LogP) is 2.98. The fourth-order valence-electron chi connectivity index (χ4n) is 1.99. The Balaban J connectivity index is 2.28. The van der Waals surface area contributed by atoms with Crippen molar-refractivity contribution in [2.24, 2.45) is 0 Å². The van der Waals surface area contributed by atoms with Crippen LogP contribution in [0.25, 0.3) is 16.6 Å². The normalized spacial score (nSPS) is 10.7. The van der Waals surface area contributed by atoms with Crippen LogP contribution in [0.1, 0.15) is 10.4 Å². The molecule has 18 heavy (non-hydrogen) atoms. The first-order chi connectivity index (χ1) is 8.79. The van der Waals surface area contributed by atoms with Crippen LogP contribution >= 0.6 is 0 Å². The highest BCUT2D eigenvalue weighted by molar-refractivity contribution is 5.96. The highest BCUT2D eigenvalue weighted by Gasteiger charge is 2.08. The molecule has 3 aromatic rings. The number of hydrogen-bond donors (Lipinski definition) is 0. The lowest BCUT2D eigenvalue weighted by Gasteiger charge is -2.03. The van der Waals surface area contributed by atoms with Crippen LogP contribution in [-0.2, 0) is 0 Å².